The highest BCUT2D eigenvalue weighted by molar-refractivity contribution is 5.96. The molecular formula is C17H17N5O2. The molecule has 7 heteroatoms. The summed E-state index contributed by atoms with van der Waals surface area (Å²) in [6.07, 6.45) is 6.88. The van der Waals surface area contributed by atoms with Crippen molar-refractivity contribution in [1.82, 2.24) is 19.5 Å². The van der Waals surface area contributed by atoms with Crippen LogP contribution in [-0.4, -0.2) is 32.5 Å². The Kier molecular flexibility index (Phi) is 3.41. The van der Waals surface area contributed by atoms with Crippen LogP contribution in [0.3, 0.4) is 0 Å². The maximum Gasteiger partial charge on any atom is 0.228 e. The average molecular weight is 323 g/mol. The van der Waals surface area contributed by atoms with Gasteiger partial charge in [0.25, 0.3) is 0 Å². The van der Waals surface area contributed by atoms with Gasteiger partial charge in [-0.1, -0.05) is 0 Å². The molecule has 1 aliphatic rings. The number of anilines is 1. The fraction of sp³-hybridized carbons (Fsp3) is 0.294. The van der Waals surface area contributed by atoms with Gasteiger partial charge in [-0.05, 0) is 25.0 Å². The van der Waals surface area contributed by atoms with Crippen molar-refractivity contribution in [2.45, 2.75) is 12.8 Å². The molecular weight excluding hydrogens is 306 g/mol. The number of carbonyl (C=O) groups is 1. The van der Waals surface area contributed by atoms with Crippen LogP contribution in [0.2, 0.25) is 0 Å². The minimum absolute atomic E-state index is 0.0520. The minimum Gasteiger partial charge on any atom is -0.480 e. The second kappa shape index (κ2) is 5.59. The van der Waals surface area contributed by atoms with Gasteiger partial charge in [0, 0.05) is 24.5 Å². The first-order valence-electron chi connectivity index (χ1n) is 7.78. The van der Waals surface area contributed by atoms with Gasteiger partial charge in [0.1, 0.15) is 12.1 Å². The number of nitrogens with zero attached hydrogens (tertiary/aromatic N) is 4. The lowest BCUT2D eigenvalue weighted by Crippen LogP contribution is -2.14. The smallest absolute Gasteiger partial charge is 0.228 e. The number of hydrogen-bond donors (Lipinski definition) is 1. The van der Waals surface area contributed by atoms with E-state index in [0.717, 1.165) is 35.0 Å². The number of ether oxygens (including phenoxy) is 1. The maximum atomic E-state index is 11.9. The average Bonchev–Trinajstić information content (AvgIpc) is 3.40. The lowest BCUT2D eigenvalue weighted by atomic mass is 10.2. The standard InChI is InChI=1S/C17H17N5O2/c1-22-13(12-7-18-9-20-17(12)24-2)5-11-6-15(19-8-14(11)22)21-16(23)10-3-4-10/h5-10H,3-4H2,1-2H3,(H,19,21,23). The van der Waals surface area contributed by atoms with Crippen LogP contribution in [0.15, 0.2) is 30.9 Å². The summed E-state index contributed by atoms with van der Waals surface area (Å²) in [6.45, 7) is 0. The Labute approximate surface area is 138 Å². The summed E-state index contributed by atoms with van der Waals surface area (Å²) >= 11 is 0. The highest BCUT2D eigenvalue weighted by Crippen LogP contribution is 2.33. The van der Waals surface area contributed by atoms with Gasteiger partial charge in [-0.25, -0.2) is 15.0 Å². The van der Waals surface area contributed by atoms with Crippen molar-refractivity contribution in [2.24, 2.45) is 13.0 Å². The normalized spacial score (nSPS) is 13.9. The molecule has 3 aromatic heterocycles. The fourth-order valence-electron chi connectivity index (χ4n) is 2.79. The van der Waals surface area contributed by atoms with Gasteiger partial charge in [-0.3, -0.25) is 4.79 Å². The van der Waals surface area contributed by atoms with Crippen LogP contribution in [0.5, 0.6) is 5.88 Å². The quantitative estimate of drug-likeness (QED) is 0.797. The number of aryl methyl sites for hydroxylation is 1. The van der Waals surface area contributed by atoms with Crippen molar-refractivity contribution >= 4 is 22.6 Å². The first-order chi connectivity index (χ1) is 11.7. The molecule has 0 atom stereocenters. The van der Waals surface area contributed by atoms with Crippen LogP contribution in [0.25, 0.3) is 22.2 Å². The van der Waals surface area contributed by atoms with Gasteiger partial charge in [-0.15, -0.1) is 0 Å². The fourth-order valence-corrected chi connectivity index (χ4v) is 2.79. The molecule has 1 saturated carbocycles. The van der Waals surface area contributed by atoms with Crippen molar-refractivity contribution in [3.63, 3.8) is 0 Å². The molecule has 1 amide bonds. The molecule has 0 aromatic carbocycles. The third kappa shape index (κ3) is 2.47. The van der Waals surface area contributed by atoms with Gasteiger partial charge in [0.2, 0.25) is 11.8 Å². The molecule has 0 aliphatic heterocycles. The second-order valence-electron chi connectivity index (χ2n) is 5.93. The topological polar surface area (TPSA) is 81.9 Å². The summed E-state index contributed by atoms with van der Waals surface area (Å²) in [7, 11) is 3.54. The zero-order chi connectivity index (χ0) is 16.7. The summed E-state index contributed by atoms with van der Waals surface area (Å²) in [5.74, 6) is 1.30. The zero-order valence-electron chi connectivity index (χ0n) is 13.5. The predicted octanol–water partition coefficient (Wildman–Crippen LogP) is 2.39. The Bertz CT molecular complexity index is 930. The third-order valence-corrected chi connectivity index (χ3v) is 4.27. The van der Waals surface area contributed by atoms with Crippen LogP contribution in [0, 0.1) is 5.92 Å². The van der Waals surface area contributed by atoms with Gasteiger partial charge >= 0.3 is 0 Å². The molecule has 0 bridgehead atoms. The van der Waals surface area contributed by atoms with E-state index in [1.165, 1.54) is 6.33 Å². The van der Waals surface area contributed by atoms with Crippen molar-refractivity contribution in [3.05, 3.63) is 30.9 Å². The number of carbonyl (C=O) groups excluding carboxylic acids is 1. The van der Waals surface area contributed by atoms with Crippen LogP contribution < -0.4 is 10.1 Å². The molecule has 1 aliphatic carbocycles. The molecule has 3 aromatic rings. The van der Waals surface area contributed by atoms with Gasteiger partial charge in [0.15, 0.2) is 0 Å². The summed E-state index contributed by atoms with van der Waals surface area (Å²) in [4.78, 5) is 24.5. The van der Waals surface area contributed by atoms with Crippen molar-refractivity contribution in [3.8, 4) is 17.1 Å². The molecule has 0 unspecified atom stereocenters. The van der Waals surface area contributed by atoms with E-state index in [1.807, 2.05) is 23.7 Å². The highest BCUT2D eigenvalue weighted by Gasteiger charge is 2.29. The Hall–Kier alpha value is -2.96. The SMILES string of the molecule is COc1ncncc1-c1cc2cc(NC(=O)C3CC3)ncc2n1C. The Morgan fingerprint density at radius 1 is 1.29 bits per heavy atom. The first kappa shape index (κ1) is 14.6. The molecule has 0 saturated heterocycles. The number of rotatable bonds is 4. The van der Waals surface area contributed by atoms with Crippen LogP contribution >= 0.6 is 0 Å². The number of methoxy groups -OCH3 is 1. The summed E-state index contributed by atoms with van der Waals surface area (Å²) < 4.78 is 7.33. The van der Waals surface area contributed by atoms with E-state index < -0.39 is 0 Å². The van der Waals surface area contributed by atoms with E-state index in [-0.39, 0.29) is 11.8 Å². The van der Waals surface area contributed by atoms with E-state index in [1.54, 1.807) is 19.5 Å². The molecule has 0 spiro atoms. The van der Waals surface area contributed by atoms with E-state index in [4.69, 9.17) is 4.74 Å². The van der Waals surface area contributed by atoms with E-state index in [9.17, 15) is 4.79 Å². The summed E-state index contributed by atoms with van der Waals surface area (Å²) in [6, 6.07) is 3.90. The number of pyridine rings is 1. The lowest BCUT2D eigenvalue weighted by molar-refractivity contribution is -0.117. The third-order valence-electron chi connectivity index (χ3n) is 4.27. The maximum absolute atomic E-state index is 11.9. The number of nitrogens with one attached hydrogen (secondary N) is 1. The van der Waals surface area contributed by atoms with E-state index in [0.29, 0.717) is 11.7 Å². The summed E-state index contributed by atoms with van der Waals surface area (Å²) in [5, 5.41) is 3.86. The van der Waals surface area contributed by atoms with Crippen molar-refractivity contribution in [1.29, 1.82) is 0 Å². The predicted molar refractivity (Wildman–Crippen MR) is 89.6 cm³/mol. The number of aromatic nitrogens is 4. The molecule has 122 valence electrons. The molecule has 4 rings (SSSR count). The molecule has 1 N–H and O–H groups in total. The van der Waals surface area contributed by atoms with E-state index in [2.05, 4.69) is 20.3 Å². The number of hydrogen-bond acceptors (Lipinski definition) is 5. The first-order valence-corrected chi connectivity index (χ1v) is 7.78. The molecule has 24 heavy (non-hydrogen) atoms. The van der Waals surface area contributed by atoms with Crippen LogP contribution in [0.1, 0.15) is 12.8 Å². The van der Waals surface area contributed by atoms with Gasteiger partial charge in [-0.2, -0.15) is 0 Å². The van der Waals surface area contributed by atoms with Crippen molar-refractivity contribution in [2.75, 3.05) is 12.4 Å². The molecule has 1 fully saturated rings. The molecule has 0 radical (unpaired) electrons. The van der Waals surface area contributed by atoms with Gasteiger partial charge in [0.05, 0.1) is 30.1 Å². The monoisotopic (exact) mass is 323 g/mol. The molecule has 3 heterocycles. The Morgan fingerprint density at radius 2 is 2.12 bits per heavy atom. The number of fused-ring (bicyclic) bond motifs is 1. The summed E-state index contributed by atoms with van der Waals surface area (Å²) in [5.41, 5.74) is 2.69. The van der Waals surface area contributed by atoms with E-state index >= 15 is 0 Å². The van der Waals surface area contributed by atoms with Crippen molar-refractivity contribution < 1.29 is 9.53 Å². The highest BCUT2D eigenvalue weighted by atomic mass is 16.5. The minimum atomic E-state index is 0.0520. The molecule has 7 nitrogen and oxygen atoms in total. The second-order valence-corrected chi connectivity index (χ2v) is 5.93. The Morgan fingerprint density at radius 3 is 2.88 bits per heavy atom. The zero-order valence-corrected chi connectivity index (χ0v) is 13.5. The lowest BCUT2D eigenvalue weighted by Gasteiger charge is -2.07. The Balaban J connectivity index is 1.75. The largest absolute Gasteiger partial charge is 0.480 e. The van der Waals surface area contributed by atoms with Crippen LogP contribution in [-0.2, 0) is 11.8 Å². The van der Waals surface area contributed by atoms with Gasteiger partial charge < -0.3 is 14.6 Å². The van der Waals surface area contributed by atoms with Crippen LogP contribution in [0.4, 0.5) is 5.82 Å². The number of amides is 1.